The average Bonchev–Trinajstić information content (AvgIpc) is 3.23. The first-order valence-electron chi connectivity index (χ1n) is 10.9. The van der Waals surface area contributed by atoms with Gasteiger partial charge in [0.25, 0.3) is 0 Å². The maximum atomic E-state index is 12.9. The SMILES string of the molecule is COc1ccc(-c2noc(CCCC(=O)N3CCC(C)C4CCCCC43)n2)cc1. The molecule has 0 bridgehead atoms. The molecule has 1 saturated heterocycles. The second kappa shape index (κ2) is 8.97. The molecule has 2 heterocycles. The number of ether oxygens (including phenoxy) is 1. The zero-order valence-corrected chi connectivity index (χ0v) is 17.5. The van der Waals surface area contributed by atoms with Crippen molar-refractivity contribution in [1.29, 1.82) is 0 Å². The highest BCUT2D eigenvalue weighted by Crippen LogP contribution is 2.39. The van der Waals surface area contributed by atoms with Crippen LogP contribution in [0.25, 0.3) is 11.4 Å². The van der Waals surface area contributed by atoms with E-state index in [-0.39, 0.29) is 0 Å². The normalized spacial score (nSPS) is 24.2. The summed E-state index contributed by atoms with van der Waals surface area (Å²) in [6.07, 6.45) is 8.11. The molecule has 1 aromatic heterocycles. The van der Waals surface area contributed by atoms with Gasteiger partial charge in [-0.3, -0.25) is 4.79 Å². The van der Waals surface area contributed by atoms with Crippen LogP contribution in [0, 0.1) is 11.8 Å². The summed E-state index contributed by atoms with van der Waals surface area (Å²) < 4.78 is 10.6. The first-order chi connectivity index (χ1) is 14.2. The van der Waals surface area contributed by atoms with Crippen LogP contribution in [-0.2, 0) is 11.2 Å². The third kappa shape index (κ3) is 4.46. The van der Waals surface area contributed by atoms with Crippen molar-refractivity contribution in [2.45, 2.75) is 64.3 Å². The van der Waals surface area contributed by atoms with E-state index in [0.717, 1.165) is 36.6 Å². The Balaban J connectivity index is 1.30. The summed E-state index contributed by atoms with van der Waals surface area (Å²) >= 11 is 0. The molecule has 1 saturated carbocycles. The first-order valence-corrected chi connectivity index (χ1v) is 10.9. The largest absolute Gasteiger partial charge is 0.497 e. The van der Waals surface area contributed by atoms with E-state index >= 15 is 0 Å². The predicted octanol–water partition coefficient (Wildman–Crippen LogP) is 4.50. The van der Waals surface area contributed by atoms with E-state index in [1.54, 1.807) is 7.11 Å². The minimum atomic E-state index is 0.295. The van der Waals surface area contributed by atoms with Gasteiger partial charge in [-0.25, -0.2) is 0 Å². The first kappa shape index (κ1) is 19.9. The van der Waals surface area contributed by atoms with Gasteiger partial charge in [0.15, 0.2) is 0 Å². The molecule has 4 rings (SSSR count). The van der Waals surface area contributed by atoms with E-state index in [2.05, 4.69) is 22.0 Å². The number of fused-ring (bicyclic) bond motifs is 1. The zero-order valence-electron chi connectivity index (χ0n) is 17.5. The van der Waals surface area contributed by atoms with E-state index in [4.69, 9.17) is 9.26 Å². The molecule has 0 radical (unpaired) electrons. The molecule has 2 aliphatic rings. The van der Waals surface area contributed by atoms with Gasteiger partial charge in [0.1, 0.15) is 5.75 Å². The lowest BCUT2D eigenvalue weighted by atomic mass is 9.72. The fourth-order valence-electron chi connectivity index (χ4n) is 4.97. The number of piperidine rings is 1. The minimum absolute atomic E-state index is 0.295. The Morgan fingerprint density at radius 3 is 2.79 bits per heavy atom. The fourth-order valence-corrected chi connectivity index (χ4v) is 4.97. The van der Waals surface area contributed by atoms with Gasteiger partial charge in [0.05, 0.1) is 7.11 Å². The number of rotatable bonds is 6. The van der Waals surface area contributed by atoms with Gasteiger partial charge in [-0.2, -0.15) is 4.98 Å². The second-order valence-corrected chi connectivity index (χ2v) is 8.46. The Bertz CT molecular complexity index is 817. The summed E-state index contributed by atoms with van der Waals surface area (Å²) in [4.78, 5) is 19.5. The molecule has 1 aliphatic heterocycles. The molecule has 0 N–H and O–H groups in total. The molecular formula is C23H31N3O3. The smallest absolute Gasteiger partial charge is 0.226 e. The number of carbonyl (C=O) groups is 1. The van der Waals surface area contributed by atoms with Crippen molar-refractivity contribution in [3.8, 4) is 17.1 Å². The number of amides is 1. The Kier molecular flexibility index (Phi) is 6.16. The molecular weight excluding hydrogens is 366 g/mol. The zero-order chi connectivity index (χ0) is 20.2. The number of methoxy groups -OCH3 is 1. The van der Waals surface area contributed by atoms with Crippen molar-refractivity contribution in [3.63, 3.8) is 0 Å². The van der Waals surface area contributed by atoms with Crippen molar-refractivity contribution in [2.24, 2.45) is 11.8 Å². The molecule has 2 aromatic rings. The number of hydrogen-bond donors (Lipinski definition) is 0. The van der Waals surface area contributed by atoms with Gasteiger partial charge >= 0.3 is 0 Å². The monoisotopic (exact) mass is 397 g/mol. The quantitative estimate of drug-likeness (QED) is 0.718. The van der Waals surface area contributed by atoms with Crippen LogP contribution in [0.2, 0.25) is 0 Å². The summed E-state index contributed by atoms with van der Waals surface area (Å²) in [5, 5.41) is 4.07. The van der Waals surface area contributed by atoms with Crippen LogP contribution >= 0.6 is 0 Å². The Hall–Kier alpha value is -2.37. The molecule has 0 spiro atoms. The molecule has 6 nitrogen and oxygen atoms in total. The van der Waals surface area contributed by atoms with Crippen LogP contribution in [-0.4, -0.2) is 40.6 Å². The molecule has 29 heavy (non-hydrogen) atoms. The number of carbonyl (C=O) groups excluding carboxylic acids is 1. The van der Waals surface area contributed by atoms with Gasteiger partial charge in [0.2, 0.25) is 17.6 Å². The van der Waals surface area contributed by atoms with Gasteiger partial charge in [-0.15, -0.1) is 0 Å². The molecule has 2 fully saturated rings. The maximum absolute atomic E-state index is 12.9. The van der Waals surface area contributed by atoms with E-state index in [1.807, 2.05) is 24.3 Å². The lowest BCUT2D eigenvalue weighted by molar-refractivity contribution is -0.139. The fraction of sp³-hybridized carbons (Fsp3) is 0.609. The second-order valence-electron chi connectivity index (χ2n) is 8.46. The predicted molar refractivity (Wildman–Crippen MR) is 110 cm³/mol. The number of likely N-dealkylation sites (tertiary alicyclic amines) is 1. The van der Waals surface area contributed by atoms with E-state index < -0.39 is 0 Å². The highest BCUT2D eigenvalue weighted by Gasteiger charge is 2.38. The molecule has 1 aromatic carbocycles. The number of hydrogen-bond acceptors (Lipinski definition) is 5. The number of nitrogens with zero attached hydrogens (tertiary/aromatic N) is 3. The number of benzene rings is 1. The topological polar surface area (TPSA) is 68.5 Å². The molecule has 3 atom stereocenters. The molecule has 1 aliphatic carbocycles. The summed E-state index contributed by atoms with van der Waals surface area (Å²) in [6, 6.07) is 8.04. The van der Waals surface area contributed by atoms with Crippen LogP contribution in [0.1, 0.15) is 57.8 Å². The molecule has 3 unspecified atom stereocenters. The van der Waals surface area contributed by atoms with Crippen LogP contribution in [0.3, 0.4) is 0 Å². The Morgan fingerprint density at radius 1 is 1.21 bits per heavy atom. The average molecular weight is 398 g/mol. The Labute approximate surface area is 172 Å². The summed E-state index contributed by atoms with van der Waals surface area (Å²) in [6.45, 7) is 3.28. The van der Waals surface area contributed by atoms with Crippen molar-refractivity contribution in [3.05, 3.63) is 30.2 Å². The molecule has 1 amide bonds. The Morgan fingerprint density at radius 2 is 2.00 bits per heavy atom. The van der Waals surface area contributed by atoms with E-state index in [9.17, 15) is 4.79 Å². The van der Waals surface area contributed by atoms with Crippen LogP contribution < -0.4 is 4.74 Å². The molecule has 156 valence electrons. The summed E-state index contributed by atoms with van der Waals surface area (Å²) in [5.74, 6) is 3.70. The van der Waals surface area contributed by atoms with Crippen LogP contribution in [0.5, 0.6) is 5.75 Å². The van der Waals surface area contributed by atoms with Gasteiger partial charge < -0.3 is 14.2 Å². The van der Waals surface area contributed by atoms with Crippen molar-refractivity contribution in [2.75, 3.05) is 13.7 Å². The highest BCUT2D eigenvalue weighted by atomic mass is 16.5. The van der Waals surface area contributed by atoms with Crippen molar-refractivity contribution < 1.29 is 14.1 Å². The standard InChI is InChI=1S/C23H31N3O3/c1-16-14-15-26(20-7-4-3-6-19(16)20)22(27)9-5-8-21-24-23(25-29-21)17-10-12-18(28-2)13-11-17/h10-13,16,19-20H,3-9,14-15H2,1-2H3. The van der Waals surface area contributed by atoms with Crippen LogP contribution in [0.4, 0.5) is 0 Å². The van der Waals surface area contributed by atoms with Crippen LogP contribution in [0.15, 0.2) is 28.8 Å². The third-order valence-electron chi connectivity index (χ3n) is 6.66. The highest BCUT2D eigenvalue weighted by molar-refractivity contribution is 5.76. The van der Waals surface area contributed by atoms with Gasteiger partial charge in [0, 0.05) is 31.0 Å². The lowest BCUT2D eigenvalue weighted by Crippen LogP contribution is -2.52. The third-order valence-corrected chi connectivity index (χ3v) is 6.66. The van der Waals surface area contributed by atoms with Crippen molar-refractivity contribution in [1.82, 2.24) is 15.0 Å². The van der Waals surface area contributed by atoms with Crippen molar-refractivity contribution >= 4 is 5.91 Å². The number of aromatic nitrogens is 2. The van der Waals surface area contributed by atoms with Gasteiger partial charge in [-0.05, 0) is 61.8 Å². The van der Waals surface area contributed by atoms with Gasteiger partial charge in [-0.1, -0.05) is 24.9 Å². The minimum Gasteiger partial charge on any atom is -0.497 e. The van der Waals surface area contributed by atoms with E-state index in [0.29, 0.717) is 42.4 Å². The number of aryl methyl sites for hydroxylation is 1. The molecule has 6 heteroatoms. The summed E-state index contributed by atoms with van der Waals surface area (Å²) in [5.41, 5.74) is 0.891. The lowest BCUT2D eigenvalue weighted by Gasteiger charge is -2.47. The maximum Gasteiger partial charge on any atom is 0.226 e. The van der Waals surface area contributed by atoms with E-state index in [1.165, 1.54) is 25.7 Å². The summed E-state index contributed by atoms with van der Waals surface area (Å²) in [7, 11) is 1.64.